The zero-order valence-electron chi connectivity index (χ0n) is 7.67. The Hall–Kier alpha value is -0.120. The molecule has 0 fully saturated rings. The van der Waals surface area contributed by atoms with Crippen LogP contribution < -0.4 is 0 Å². The first-order valence-corrected chi connectivity index (χ1v) is 4.07. The van der Waals surface area contributed by atoms with Crippen LogP contribution in [0, 0.1) is 0 Å². The zero-order chi connectivity index (χ0) is 8.91. The van der Waals surface area contributed by atoms with Crippen molar-refractivity contribution in [2.75, 3.05) is 20.7 Å². The van der Waals surface area contributed by atoms with Crippen molar-refractivity contribution in [2.24, 2.45) is 0 Å². The predicted molar refractivity (Wildman–Crippen MR) is 45.2 cm³/mol. The molecule has 11 heavy (non-hydrogen) atoms. The van der Waals surface area contributed by atoms with Crippen LogP contribution in [-0.2, 0) is 0 Å². The van der Waals surface area contributed by atoms with E-state index in [-0.39, 0.29) is 6.61 Å². The molecule has 0 heterocycles. The van der Waals surface area contributed by atoms with Crippen molar-refractivity contribution in [3.8, 4) is 0 Å². The van der Waals surface area contributed by atoms with Gasteiger partial charge >= 0.3 is 0 Å². The first-order valence-electron chi connectivity index (χ1n) is 4.07. The molecule has 0 aromatic rings. The van der Waals surface area contributed by atoms with Gasteiger partial charge in [0.2, 0.25) is 0 Å². The molecule has 3 heteroatoms. The van der Waals surface area contributed by atoms with Crippen LogP contribution in [0.2, 0.25) is 0 Å². The minimum Gasteiger partial charge on any atom is -0.396 e. The van der Waals surface area contributed by atoms with Gasteiger partial charge < -0.3 is 10.2 Å². The minimum atomic E-state index is -0.816. The molecule has 0 aromatic carbocycles. The van der Waals surface area contributed by atoms with Gasteiger partial charge in [-0.15, -0.1) is 0 Å². The number of aliphatic hydroxyl groups is 2. The lowest BCUT2D eigenvalue weighted by Gasteiger charge is -2.34. The Morgan fingerprint density at radius 1 is 1.27 bits per heavy atom. The fourth-order valence-electron chi connectivity index (χ4n) is 1.15. The van der Waals surface area contributed by atoms with E-state index < -0.39 is 5.72 Å². The highest BCUT2D eigenvalue weighted by molar-refractivity contribution is 4.73. The van der Waals surface area contributed by atoms with Gasteiger partial charge in [-0.3, -0.25) is 4.90 Å². The van der Waals surface area contributed by atoms with Crippen molar-refractivity contribution >= 4 is 0 Å². The molecule has 3 nitrogen and oxygen atoms in total. The largest absolute Gasteiger partial charge is 0.396 e. The van der Waals surface area contributed by atoms with E-state index in [1.807, 2.05) is 21.0 Å². The summed E-state index contributed by atoms with van der Waals surface area (Å²) in [6.45, 7) is 2.06. The lowest BCUT2D eigenvalue weighted by Crippen LogP contribution is -2.44. The summed E-state index contributed by atoms with van der Waals surface area (Å²) in [5, 5.41) is 18.5. The van der Waals surface area contributed by atoms with Gasteiger partial charge in [0.25, 0.3) is 0 Å². The van der Waals surface area contributed by atoms with E-state index >= 15 is 0 Å². The fraction of sp³-hybridized carbons (Fsp3) is 1.00. The molecule has 1 unspecified atom stereocenters. The normalized spacial score (nSPS) is 16.9. The SMILES string of the molecule is CCCC(O)(CCO)N(C)C. The zero-order valence-corrected chi connectivity index (χ0v) is 7.67. The maximum atomic E-state index is 9.85. The minimum absolute atomic E-state index is 0.0364. The molecule has 68 valence electrons. The quantitative estimate of drug-likeness (QED) is 0.574. The first kappa shape index (κ1) is 10.9. The maximum absolute atomic E-state index is 9.85. The summed E-state index contributed by atoms with van der Waals surface area (Å²) in [6, 6.07) is 0. The molecule has 0 aliphatic rings. The second kappa shape index (κ2) is 4.70. The van der Waals surface area contributed by atoms with Gasteiger partial charge in [0.05, 0.1) is 0 Å². The molecule has 0 saturated heterocycles. The molecule has 0 rings (SSSR count). The van der Waals surface area contributed by atoms with E-state index in [9.17, 15) is 5.11 Å². The van der Waals surface area contributed by atoms with Crippen LogP contribution in [0.1, 0.15) is 26.2 Å². The fourth-order valence-corrected chi connectivity index (χ4v) is 1.15. The first-order chi connectivity index (χ1) is 5.06. The third-order valence-corrected chi connectivity index (χ3v) is 2.00. The highest BCUT2D eigenvalue weighted by atomic mass is 16.3. The number of rotatable bonds is 5. The number of nitrogens with zero attached hydrogens (tertiary/aromatic N) is 1. The molecule has 0 bridgehead atoms. The number of aliphatic hydroxyl groups excluding tert-OH is 1. The summed E-state index contributed by atoms with van der Waals surface area (Å²) in [7, 11) is 3.65. The Kier molecular flexibility index (Phi) is 4.65. The molecule has 0 aromatic heterocycles. The third kappa shape index (κ3) is 3.18. The summed E-state index contributed by atoms with van der Waals surface area (Å²) in [5.74, 6) is 0. The molecule has 0 radical (unpaired) electrons. The summed E-state index contributed by atoms with van der Waals surface area (Å²) in [6.07, 6.45) is 2.06. The molecule has 0 spiro atoms. The van der Waals surface area contributed by atoms with Crippen LogP contribution in [0.5, 0.6) is 0 Å². The summed E-state index contributed by atoms with van der Waals surface area (Å²) >= 11 is 0. The van der Waals surface area contributed by atoms with Crippen molar-refractivity contribution in [1.29, 1.82) is 0 Å². The molecule has 0 amide bonds. The van der Waals surface area contributed by atoms with Gasteiger partial charge in [-0.1, -0.05) is 13.3 Å². The van der Waals surface area contributed by atoms with Gasteiger partial charge in [-0.25, -0.2) is 0 Å². The lowest BCUT2D eigenvalue weighted by atomic mass is 10.0. The standard InChI is InChI=1S/C8H19NO2/c1-4-5-8(11,6-7-10)9(2)3/h10-11H,4-7H2,1-3H3. The van der Waals surface area contributed by atoms with Crippen LogP contribution in [0.15, 0.2) is 0 Å². The van der Waals surface area contributed by atoms with Gasteiger partial charge in [-0.2, -0.15) is 0 Å². The summed E-state index contributed by atoms with van der Waals surface area (Å²) in [4.78, 5) is 1.76. The van der Waals surface area contributed by atoms with Crippen molar-refractivity contribution in [1.82, 2.24) is 4.90 Å². The monoisotopic (exact) mass is 161 g/mol. The number of hydrogen-bond acceptors (Lipinski definition) is 3. The molecule has 0 aliphatic heterocycles. The molecule has 0 aliphatic carbocycles. The second-order valence-electron chi connectivity index (χ2n) is 3.10. The highest BCUT2D eigenvalue weighted by Crippen LogP contribution is 2.18. The Balaban J connectivity index is 4.01. The van der Waals surface area contributed by atoms with Gasteiger partial charge in [0.1, 0.15) is 5.72 Å². The van der Waals surface area contributed by atoms with E-state index in [0.29, 0.717) is 12.8 Å². The van der Waals surface area contributed by atoms with E-state index in [1.165, 1.54) is 0 Å². The topological polar surface area (TPSA) is 43.7 Å². The van der Waals surface area contributed by atoms with Crippen LogP contribution >= 0.6 is 0 Å². The number of hydrogen-bond donors (Lipinski definition) is 2. The third-order valence-electron chi connectivity index (χ3n) is 2.00. The molecule has 1 atom stereocenters. The summed E-state index contributed by atoms with van der Waals surface area (Å²) < 4.78 is 0. The second-order valence-corrected chi connectivity index (χ2v) is 3.10. The summed E-state index contributed by atoms with van der Waals surface area (Å²) in [5.41, 5.74) is -0.816. The van der Waals surface area contributed by atoms with Gasteiger partial charge in [0, 0.05) is 13.0 Å². The van der Waals surface area contributed by atoms with Crippen LogP contribution in [-0.4, -0.2) is 41.5 Å². The van der Waals surface area contributed by atoms with Crippen molar-refractivity contribution < 1.29 is 10.2 Å². The average Bonchev–Trinajstić information content (AvgIpc) is 1.88. The lowest BCUT2D eigenvalue weighted by molar-refractivity contribution is -0.103. The van der Waals surface area contributed by atoms with Gasteiger partial charge in [-0.05, 0) is 20.5 Å². The van der Waals surface area contributed by atoms with Crippen LogP contribution in [0.25, 0.3) is 0 Å². The maximum Gasteiger partial charge on any atom is 0.120 e. The van der Waals surface area contributed by atoms with E-state index in [0.717, 1.165) is 6.42 Å². The van der Waals surface area contributed by atoms with Gasteiger partial charge in [0.15, 0.2) is 0 Å². The van der Waals surface area contributed by atoms with E-state index in [1.54, 1.807) is 4.90 Å². The molecular formula is C8H19NO2. The Morgan fingerprint density at radius 3 is 2.09 bits per heavy atom. The average molecular weight is 161 g/mol. The molecular weight excluding hydrogens is 142 g/mol. The highest BCUT2D eigenvalue weighted by Gasteiger charge is 2.27. The van der Waals surface area contributed by atoms with E-state index in [4.69, 9.17) is 5.11 Å². The predicted octanol–water partition coefficient (Wildman–Crippen LogP) is 0.419. The van der Waals surface area contributed by atoms with Crippen LogP contribution in [0.4, 0.5) is 0 Å². The molecule has 0 saturated carbocycles. The Morgan fingerprint density at radius 2 is 1.82 bits per heavy atom. The van der Waals surface area contributed by atoms with Crippen molar-refractivity contribution in [3.05, 3.63) is 0 Å². The van der Waals surface area contributed by atoms with E-state index in [2.05, 4.69) is 0 Å². The molecule has 2 N–H and O–H groups in total. The van der Waals surface area contributed by atoms with Crippen molar-refractivity contribution in [3.63, 3.8) is 0 Å². The Bertz CT molecular complexity index is 98.3. The Labute approximate surface area is 68.6 Å². The van der Waals surface area contributed by atoms with Crippen molar-refractivity contribution in [2.45, 2.75) is 31.9 Å². The van der Waals surface area contributed by atoms with Crippen LogP contribution in [0.3, 0.4) is 0 Å². The smallest absolute Gasteiger partial charge is 0.120 e.